The molecule has 1 nitrogen and oxygen atoms in total. The first-order chi connectivity index (χ1) is 22.6. The van der Waals surface area contributed by atoms with Crippen LogP contribution in [0.4, 0.5) is 0 Å². The second kappa shape index (κ2) is 13.2. The summed E-state index contributed by atoms with van der Waals surface area (Å²) in [6.07, 6.45) is 1.99. The number of hydrogen-bond acceptors (Lipinski definition) is 1. The number of halogens is 1. The molecule has 0 saturated carbocycles. The summed E-state index contributed by atoms with van der Waals surface area (Å²) in [4.78, 5) is 0. The van der Waals surface area contributed by atoms with E-state index in [2.05, 4.69) is 162 Å². The largest absolute Gasteiger partial charge is 0.497 e. The van der Waals surface area contributed by atoms with Crippen LogP contribution >= 0.6 is 15.9 Å². The van der Waals surface area contributed by atoms with E-state index in [1.165, 1.54) is 72.4 Å². The lowest BCUT2D eigenvalue weighted by molar-refractivity contribution is 0.415. The molecule has 0 atom stereocenters. The van der Waals surface area contributed by atoms with Gasteiger partial charge in [-0.1, -0.05) is 149 Å². The summed E-state index contributed by atoms with van der Waals surface area (Å²) in [6.45, 7) is 2.13. The Morgan fingerprint density at radius 1 is 0.457 bits per heavy atom. The zero-order valence-corrected chi connectivity index (χ0v) is 27.7. The van der Waals surface area contributed by atoms with Crippen molar-refractivity contribution < 1.29 is 4.74 Å². The van der Waals surface area contributed by atoms with Crippen molar-refractivity contribution in [3.63, 3.8) is 0 Å². The quantitative estimate of drug-likeness (QED) is 0.179. The predicted molar refractivity (Wildman–Crippen MR) is 197 cm³/mol. The first-order valence-electron chi connectivity index (χ1n) is 15.7. The molecule has 2 aliphatic carbocycles. The molecule has 0 radical (unpaired) electrons. The second-order valence-electron chi connectivity index (χ2n) is 11.8. The van der Waals surface area contributed by atoms with Crippen LogP contribution in [0.3, 0.4) is 0 Å². The number of aryl methyl sites for hydroxylation is 1. The Morgan fingerprint density at radius 3 is 1.41 bits per heavy atom. The Balaban J connectivity index is 0.000000147. The van der Waals surface area contributed by atoms with E-state index in [0.717, 1.165) is 23.1 Å². The lowest BCUT2D eigenvalue weighted by atomic mass is 9.94. The third kappa shape index (κ3) is 6.01. The fraction of sp³-hybridized carbons (Fsp3) is 0.0909. The minimum Gasteiger partial charge on any atom is -0.497 e. The maximum absolute atomic E-state index is 5.31. The van der Waals surface area contributed by atoms with Gasteiger partial charge in [0.2, 0.25) is 0 Å². The van der Waals surface area contributed by atoms with Gasteiger partial charge in [-0.05, 0) is 111 Å². The number of fused-ring (bicyclic) bond motifs is 2. The minimum absolute atomic E-state index is 0.891. The van der Waals surface area contributed by atoms with Crippen LogP contribution in [0.2, 0.25) is 0 Å². The average Bonchev–Trinajstić information content (AvgIpc) is 3.69. The molecule has 0 bridgehead atoms. The SMILES string of the molecule is Brc1ccc(C2=C(c3ccccc3)c3ccccc3C2)cc1.COc1ccc(C2=C(c3ccc(C)cc3)Cc3ccccc32)cc1. The summed E-state index contributed by atoms with van der Waals surface area (Å²) >= 11 is 3.53. The predicted octanol–water partition coefficient (Wildman–Crippen LogP) is 11.5. The van der Waals surface area contributed by atoms with Crippen molar-refractivity contribution in [3.05, 3.63) is 206 Å². The van der Waals surface area contributed by atoms with Crippen molar-refractivity contribution in [2.24, 2.45) is 0 Å². The normalized spacial score (nSPS) is 13.2. The highest BCUT2D eigenvalue weighted by Crippen LogP contribution is 2.43. The van der Waals surface area contributed by atoms with Gasteiger partial charge in [-0.25, -0.2) is 0 Å². The summed E-state index contributed by atoms with van der Waals surface area (Å²) in [7, 11) is 1.71. The van der Waals surface area contributed by atoms with Crippen LogP contribution in [0.15, 0.2) is 156 Å². The summed E-state index contributed by atoms with van der Waals surface area (Å²) in [5.41, 5.74) is 17.5. The lowest BCUT2D eigenvalue weighted by Gasteiger charge is -2.11. The molecule has 0 aliphatic heterocycles. The van der Waals surface area contributed by atoms with E-state index in [-0.39, 0.29) is 0 Å². The molecular weight excluding hydrogens is 624 g/mol. The Hall–Kier alpha value is -4.92. The molecule has 0 aromatic heterocycles. The van der Waals surface area contributed by atoms with Gasteiger partial charge in [-0.3, -0.25) is 0 Å². The third-order valence-corrected chi connectivity index (χ3v) is 9.47. The molecule has 2 aliphatic rings. The maximum Gasteiger partial charge on any atom is 0.118 e. The number of rotatable bonds is 5. The summed E-state index contributed by atoms with van der Waals surface area (Å²) in [5.74, 6) is 0.891. The zero-order chi connectivity index (χ0) is 31.5. The Labute approximate surface area is 280 Å². The highest BCUT2D eigenvalue weighted by molar-refractivity contribution is 9.10. The van der Waals surface area contributed by atoms with Crippen LogP contribution in [0.5, 0.6) is 5.75 Å². The highest BCUT2D eigenvalue weighted by Gasteiger charge is 2.24. The van der Waals surface area contributed by atoms with Gasteiger partial charge >= 0.3 is 0 Å². The van der Waals surface area contributed by atoms with Crippen molar-refractivity contribution in [2.45, 2.75) is 19.8 Å². The molecule has 0 heterocycles. The Bertz CT molecular complexity index is 2050. The van der Waals surface area contributed by atoms with Gasteiger partial charge in [0.15, 0.2) is 0 Å². The summed E-state index contributed by atoms with van der Waals surface area (Å²) in [6, 6.07) is 54.1. The summed E-state index contributed by atoms with van der Waals surface area (Å²) in [5, 5.41) is 0. The van der Waals surface area contributed by atoms with Crippen molar-refractivity contribution >= 4 is 38.2 Å². The summed E-state index contributed by atoms with van der Waals surface area (Å²) < 4.78 is 6.43. The van der Waals surface area contributed by atoms with Crippen LogP contribution in [0.1, 0.15) is 50.1 Å². The molecule has 6 aromatic rings. The van der Waals surface area contributed by atoms with E-state index < -0.39 is 0 Å². The highest BCUT2D eigenvalue weighted by atomic mass is 79.9. The van der Waals surface area contributed by atoms with E-state index in [1.807, 2.05) is 12.1 Å². The molecule has 0 fully saturated rings. The van der Waals surface area contributed by atoms with E-state index in [4.69, 9.17) is 4.74 Å². The van der Waals surface area contributed by atoms with Gasteiger partial charge in [0.1, 0.15) is 5.75 Å². The fourth-order valence-electron chi connectivity index (χ4n) is 6.64. The van der Waals surface area contributed by atoms with Gasteiger partial charge in [-0.15, -0.1) is 0 Å². The van der Waals surface area contributed by atoms with E-state index >= 15 is 0 Å². The Morgan fingerprint density at radius 2 is 0.891 bits per heavy atom. The molecule has 8 rings (SSSR count). The smallest absolute Gasteiger partial charge is 0.118 e. The van der Waals surface area contributed by atoms with Gasteiger partial charge in [0, 0.05) is 4.47 Å². The minimum atomic E-state index is 0.891. The van der Waals surface area contributed by atoms with E-state index in [9.17, 15) is 0 Å². The topological polar surface area (TPSA) is 9.23 Å². The first-order valence-corrected chi connectivity index (χ1v) is 16.5. The molecule has 0 amide bonds. The molecule has 0 spiro atoms. The zero-order valence-electron chi connectivity index (χ0n) is 26.1. The Kier molecular flexibility index (Phi) is 8.55. The van der Waals surface area contributed by atoms with Crippen LogP contribution in [-0.2, 0) is 12.8 Å². The standard InChI is InChI=1S/C23H20O.C21H15Br/c1-16-7-9-17(10-8-16)22-15-19-5-3-4-6-21(19)23(22)18-11-13-20(24-2)14-12-18;22-18-12-10-15(11-13-18)20-14-17-8-4-5-9-19(17)21(20)16-6-2-1-3-7-16/h3-14H,15H2,1-2H3;1-13H,14H2. The monoisotopic (exact) mass is 658 g/mol. The van der Waals surface area contributed by atoms with Crippen molar-refractivity contribution in [1.29, 1.82) is 0 Å². The van der Waals surface area contributed by atoms with Crippen LogP contribution < -0.4 is 4.74 Å². The van der Waals surface area contributed by atoms with Gasteiger partial charge < -0.3 is 4.74 Å². The third-order valence-electron chi connectivity index (χ3n) is 8.95. The average molecular weight is 660 g/mol. The van der Waals surface area contributed by atoms with E-state index in [0.29, 0.717) is 0 Å². The lowest BCUT2D eigenvalue weighted by Crippen LogP contribution is -1.90. The molecule has 0 unspecified atom stereocenters. The maximum atomic E-state index is 5.31. The van der Waals surface area contributed by atoms with Gasteiger partial charge in [-0.2, -0.15) is 0 Å². The number of ether oxygens (including phenoxy) is 1. The molecule has 6 aromatic carbocycles. The second-order valence-corrected chi connectivity index (χ2v) is 12.8. The first kappa shape index (κ1) is 29.8. The number of benzene rings is 6. The van der Waals surface area contributed by atoms with Crippen molar-refractivity contribution in [3.8, 4) is 5.75 Å². The molecular formula is C44H35BrO. The number of hydrogen-bond donors (Lipinski definition) is 0. The van der Waals surface area contributed by atoms with E-state index in [1.54, 1.807) is 7.11 Å². The number of methoxy groups -OCH3 is 1. The molecule has 0 saturated heterocycles. The van der Waals surface area contributed by atoms with Crippen LogP contribution in [0, 0.1) is 6.92 Å². The van der Waals surface area contributed by atoms with Gasteiger partial charge in [0.25, 0.3) is 0 Å². The van der Waals surface area contributed by atoms with Gasteiger partial charge in [0.05, 0.1) is 7.11 Å². The van der Waals surface area contributed by atoms with Crippen molar-refractivity contribution in [2.75, 3.05) is 7.11 Å². The van der Waals surface area contributed by atoms with Crippen LogP contribution in [0.25, 0.3) is 22.3 Å². The van der Waals surface area contributed by atoms with Crippen LogP contribution in [-0.4, -0.2) is 7.11 Å². The van der Waals surface area contributed by atoms with Crippen molar-refractivity contribution in [1.82, 2.24) is 0 Å². The molecule has 0 N–H and O–H groups in total. The fourth-order valence-corrected chi connectivity index (χ4v) is 6.90. The number of allylic oxidation sites excluding steroid dienone is 2. The molecule has 2 heteroatoms. The molecule has 224 valence electrons. The molecule has 46 heavy (non-hydrogen) atoms.